The maximum Gasteiger partial charge on any atom is 0.205 e. The van der Waals surface area contributed by atoms with E-state index in [1.807, 2.05) is 12.5 Å². The van der Waals surface area contributed by atoms with E-state index in [0.29, 0.717) is 30.2 Å². The van der Waals surface area contributed by atoms with Gasteiger partial charge in [-0.05, 0) is 74.8 Å². The Labute approximate surface area is 392 Å². The van der Waals surface area contributed by atoms with Gasteiger partial charge in [0.2, 0.25) is 5.72 Å². The summed E-state index contributed by atoms with van der Waals surface area (Å²) < 4.78 is 13.2. The standard InChI is InChI=1S/C14H19N3.C13H20N4O.C12H16N4.C12H19N3/c1-10(2)14-8-12-6-7-16-11(3)4-5-13(16)9-17(12)15-14;1-9(2)11-7-10-5-6-16-12(8-17(10)14-11)15-18-13(16,3)4;1-9(2)12-5-10-3-4-15-8-13-6-11(15)7-16(10)14-12;1-9(2)11-8-15-6-5-14(4)10(3)7-12(15)13-11/h4-5,8,10H,6-7,9H2,1-3H3;7,9H,5-6,8H2,1-4H3;5-6,8-9H,3-4,7H2,1-2H3;8-9H,3,5-7H2,1-2,4H3. The number of aryl methyl sites for hydroxylation is 4. The van der Waals surface area contributed by atoms with Crippen molar-refractivity contribution in [2.45, 2.75) is 171 Å². The average molecular weight is 899 g/mol. The lowest BCUT2D eigenvalue weighted by Crippen LogP contribution is -2.44. The highest BCUT2D eigenvalue weighted by atomic mass is 16.7. The van der Waals surface area contributed by atoms with E-state index < -0.39 is 0 Å². The Balaban J connectivity index is 0.000000120. The lowest BCUT2D eigenvalue weighted by molar-refractivity contribution is -0.0679. The normalized spacial score (nSPS) is 16.9. The first-order chi connectivity index (χ1) is 31.4. The number of oxime groups is 1. The molecule has 0 aromatic carbocycles. The van der Waals surface area contributed by atoms with Crippen LogP contribution in [0.4, 0.5) is 0 Å². The molecule has 0 N–H and O–H groups in total. The minimum Gasteiger partial charge on any atom is -0.376 e. The maximum absolute atomic E-state index is 5.48. The second kappa shape index (κ2) is 19.2. The van der Waals surface area contributed by atoms with Gasteiger partial charge in [0.25, 0.3) is 0 Å². The van der Waals surface area contributed by atoms with Crippen molar-refractivity contribution < 1.29 is 4.84 Å². The van der Waals surface area contributed by atoms with Gasteiger partial charge >= 0.3 is 0 Å². The highest BCUT2D eigenvalue weighted by Crippen LogP contribution is 2.28. The lowest BCUT2D eigenvalue weighted by atomic mass is 10.1. The molecule has 11 heterocycles. The van der Waals surface area contributed by atoms with Gasteiger partial charge in [-0.3, -0.25) is 14.0 Å². The number of fused-ring (bicyclic) bond motifs is 7. The number of nitrogens with zero attached hydrogens (tertiary/aromatic N) is 14. The van der Waals surface area contributed by atoms with Gasteiger partial charge in [0.1, 0.15) is 12.4 Å². The van der Waals surface area contributed by atoms with Crippen LogP contribution in [0.3, 0.4) is 0 Å². The zero-order valence-corrected chi connectivity index (χ0v) is 41.8. The second-order valence-electron chi connectivity index (χ2n) is 20.4. The first-order valence-electron chi connectivity index (χ1n) is 24.2. The minimum atomic E-state index is -0.319. The molecule has 0 spiro atoms. The van der Waals surface area contributed by atoms with Crippen molar-refractivity contribution in [1.29, 1.82) is 0 Å². The number of imidazole rings is 2. The molecule has 15 nitrogen and oxygen atoms in total. The number of likely N-dealkylation sites (N-methyl/N-ethyl adjacent to an activating group) is 1. The third-order valence-corrected chi connectivity index (χ3v) is 13.6. The summed E-state index contributed by atoms with van der Waals surface area (Å²) in [6.07, 6.45) is 10.0. The fourth-order valence-corrected chi connectivity index (χ4v) is 9.09. The first-order valence-corrected chi connectivity index (χ1v) is 24.2. The molecule has 15 heteroatoms. The van der Waals surface area contributed by atoms with Gasteiger partial charge in [-0.25, -0.2) is 9.97 Å². The molecule has 0 atom stereocenters. The Morgan fingerprint density at radius 2 is 1.20 bits per heavy atom. The Bertz CT molecular complexity index is 2650. The van der Waals surface area contributed by atoms with Crippen LogP contribution in [0.2, 0.25) is 0 Å². The second-order valence-corrected chi connectivity index (χ2v) is 20.4. The van der Waals surface area contributed by atoms with E-state index in [4.69, 9.17) is 9.94 Å². The van der Waals surface area contributed by atoms with Crippen LogP contribution in [0.1, 0.15) is 156 Å². The van der Waals surface area contributed by atoms with Gasteiger partial charge in [-0.2, -0.15) is 15.3 Å². The number of amidine groups is 1. The predicted molar refractivity (Wildman–Crippen MR) is 261 cm³/mol. The third kappa shape index (κ3) is 10.1. The number of hydrogen-bond acceptors (Lipinski definition) is 9. The van der Waals surface area contributed by atoms with Crippen LogP contribution in [0.15, 0.2) is 66.5 Å². The van der Waals surface area contributed by atoms with Crippen molar-refractivity contribution in [3.63, 3.8) is 0 Å². The molecule has 0 bridgehead atoms. The van der Waals surface area contributed by atoms with Crippen LogP contribution in [-0.2, 0) is 69.8 Å². The monoisotopic (exact) mass is 899 g/mol. The van der Waals surface area contributed by atoms with Crippen molar-refractivity contribution in [1.82, 2.24) is 62.8 Å². The van der Waals surface area contributed by atoms with Crippen molar-refractivity contribution in [2.24, 2.45) is 5.16 Å². The smallest absolute Gasteiger partial charge is 0.205 e. The summed E-state index contributed by atoms with van der Waals surface area (Å²) in [4.78, 5) is 18.8. The SMILES string of the molecule is C=C1Cc2nc(C(C)C)cn2CCN1C.CC(C)c1cc2n(n1)CC1=NOC(C)(C)N1CC2.CC(C)c1cc2n(n1)Cc1cncn1CC2.Cc1ccc2n1CCc1cc(C(C)C)nn1C2. The van der Waals surface area contributed by atoms with Gasteiger partial charge in [0.15, 0.2) is 5.84 Å². The predicted octanol–water partition coefficient (Wildman–Crippen LogP) is 8.48. The van der Waals surface area contributed by atoms with Crippen LogP contribution >= 0.6 is 0 Å². The molecule has 11 rings (SSSR count). The molecule has 0 amide bonds. The van der Waals surface area contributed by atoms with Crippen molar-refractivity contribution in [3.8, 4) is 0 Å². The molecule has 0 unspecified atom stereocenters. The van der Waals surface area contributed by atoms with Crippen LogP contribution in [0.25, 0.3) is 0 Å². The molecule has 5 aliphatic rings. The zero-order valence-electron chi connectivity index (χ0n) is 41.8. The molecule has 0 fully saturated rings. The summed E-state index contributed by atoms with van der Waals surface area (Å²) >= 11 is 0. The van der Waals surface area contributed by atoms with Crippen LogP contribution in [0, 0.1) is 6.92 Å². The average Bonchev–Trinajstić information content (AvgIpc) is 4.15. The van der Waals surface area contributed by atoms with Gasteiger partial charge in [-0.15, -0.1) is 0 Å². The molecular weight excluding hydrogens is 825 g/mol. The van der Waals surface area contributed by atoms with Crippen molar-refractivity contribution in [3.05, 3.63) is 124 Å². The van der Waals surface area contributed by atoms with Crippen molar-refractivity contribution >= 4 is 5.84 Å². The fourth-order valence-electron chi connectivity index (χ4n) is 9.09. The first kappa shape index (κ1) is 46.7. The highest BCUT2D eigenvalue weighted by molar-refractivity contribution is 5.83. The molecule has 0 aliphatic carbocycles. The largest absolute Gasteiger partial charge is 0.376 e. The topological polar surface area (TPSA) is 122 Å². The van der Waals surface area contributed by atoms with Gasteiger partial charge in [0.05, 0.1) is 54.1 Å². The summed E-state index contributed by atoms with van der Waals surface area (Å²) in [5.41, 5.74) is 13.6. The molecule has 0 radical (unpaired) electrons. The zero-order chi connectivity index (χ0) is 47.0. The maximum atomic E-state index is 5.48. The van der Waals surface area contributed by atoms with Crippen LogP contribution in [-0.4, -0.2) is 94.5 Å². The molecule has 0 saturated carbocycles. The molecule has 66 heavy (non-hydrogen) atoms. The molecule has 354 valence electrons. The number of rotatable bonds is 4. The van der Waals surface area contributed by atoms with Gasteiger partial charge in [-0.1, -0.05) is 67.1 Å². The minimum absolute atomic E-state index is 0.319. The number of aromatic nitrogens is 11. The van der Waals surface area contributed by atoms with E-state index in [9.17, 15) is 0 Å². The van der Waals surface area contributed by atoms with E-state index in [1.165, 1.54) is 51.2 Å². The summed E-state index contributed by atoms with van der Waals surface area (Å²) in [6, 6.07) is 11.2. The quantitative estimate of drug-likeness (QED) is 0.173. The lowest BCUT2D eigenvalue weighted by Gasteiger charge is -2.29. The van der Waals surface area contributed by atoms with E-state index in [0.717, 1.165) is 94.5 Å². The van der Waals surface area contributed by atoms with Crippen LogP contribution in [0.5, 0.6) is 0 Å². The number of hydrogen-bond donors (Lipinski definition) is 0. The van der Waals surface area contributed by atoms with E-state index in [2.05, 4.69) is 189 Å². The summed E-state index contributed by atoms with van der Waals surface area (Å²) in [5.74, 6) is 4.15. The van der Waals surface area contributed by atoms with Gasteiger partial charge in [0, 0.05) is 106 Å². The summed E-state index contributed by atoms with van der Waals surface area (Å²) in [6.45, 7) is 35.4. The third-order valence-electron chi connectivity index (χ3n) is 13.6. The molecular formula is C51H74N14O. The number of allylic oxidation sites excluding steroid dienone is 1. The molecule has 6 aromatic heterocycles. The van der Waals surface area contributed by atoms with E-state index >= 15 is 0 Å². The van der Waals surface area contributed by atoms with E-state index in [1.54, 1.807) is 0 Å². The fraction of sp³-hybridized carbons (Fsp3) is 0.569. The molecule has 0 saturated heterocycles. The Morgan fingerprint density at radius 3 is 1.80 bits per heavy atom. The Kier molecular flexibility index (Phi) is 13.5. The molecule has 5 aliphatic heterocycles. The van der Waals surface area contributed by atoms with Crippen LogP contribution < -0.4 is 0 Å². The van der Waals surface area contributed by atoms with E-state index in [-0.39, 0.29) is 5.72 Å². The Hall–Kier alpha value is -5.86. The van der Waals surface area contributed by atoms with Gasteiger partial charge < -0.3 is 28.3 Å². The summed E-state index contributed by atoms with van der Waals surface area (Å²) in [5, 5.41) is 18.3. The highest BCUT2D eigenvalue weighted by Gasteiger charge is 2.39. The van der Waals surface area contributed by atoms with Crippen molar-refractivity contribution in [2.75, 3.05) is 20.1 Å². The Morgan fingerprint density at radius 1 is 0.636 bits per heavy atom. The molecule has 6 aromatic rings. The summed E-state index contributed by atoms with van der Waals surface area (Å²) in [7, 11) is 2.10.